The second kappa shape index (κ2) is 6.76. The lowest BCUT2D eigenvalue weighted by atomic mass is 10.2. The van der Waals surface area contributed by atoms with Crippen LogP contribution in [-0.4, -0.2) is 5.97 Å². The minimum Gasteiger partial charge on any atom is -0.423 e. The average Bonchev–Trinajstić information content (AvgIpc) is 2.46. The van der Waals surface area contributed by atoms with Crippen molar-refractivity contribution in [1.29, 1.82) is 0 Å². The molecule has 0 saturated heterocycles. The predicted molar refractivity (Wildman–Crippen MR) is 77.1 cm³/mol. The topological polar surface area (TPSA) is 26.3 Å². The SMILES string of the molecule is O=C(C=Cc1ccccc1)Oc1cccc(CCl)c1. The average molecular weight is 273 g/mol. The van der Waals surface area contributed by atoms with Crippen molar-refractivity contribution in [3.05, 3.63) is 71.8 Å². The number of carbonyl (C=O) groups excluding carboxylic acids is 1. The molecule has 0 amide bonds. The van der Waals surface area contributed by atoms with E-state index < -0.39 is 5.97 Å². The van der Waals surface area contributed by atoms with Crippen LogP contribution in [0.4, 0.5) is 0 Å². The van der Waals surface area contributed by atoms with Crippen molar-refractivity contribution < 1.29 is 9.53 Å². The first-order valence-electron chi connectivity index (χ1n) is 5.88. The van der Waals surface area contributed by atoms with Crippen LogP contribution in [0.25, 0.3) is 6.08 Å². The van der Waals surface area contributed by atoms with Gasteiger partial charge in [0.1, 0.15) is 5.75 Å². The summed E-state index contributed by atoms with van der Waals surface area (Å²) in [6, 6.07) is 16.7. The standard InChI is InChI=1S/C16H13ClO2/c17-12-14-7-4-8-15(11-14)19-16(18)10-9-13-5-2-1-3-6-13/h1-11H,12H2. The fraction of sp³-hybridized carbons (Fsp3) is 0.0625. The maximum Gasteiger partial charge on any atom is 0.336 e. The highest BCUT2D eigenvalue weighted by atomic mass is 35.5. The Balaban J connectivity index is 1.99. The van der Waals surface area contributed by atoms with E-state index in [-0.39, 0.29) is 0 Å². The summed E-state index contributed by atoms with van der Waals surface area (Å²) in [7, 11) is 0. The molecular formula is C16H13ClO2. The molecule has 0 bridgehead atoms. The number of ether oxygens (including phenoxy) is 1. The number of halogens is 1. The van der Waals surface area contributed by atoms with E-state index in [2.05, 4.69) is 0 Å². The smallest absolute Gasteiger partial charge is 0.336 e. The lowest BCUT2D eigenvalue weighted by molar-refractivity contribution is -0.128. The van der Waals surface area contributed by atoms with Crippen LogP contribution >= 0.6 is 11.6 Å². The summed E-state index contributed by atoms with van der Waals surface area (Å²) in [5.41, 5.74) is 1.87. The van der Waals surface area contributed by atoms with Gasteiger partial charge in [-0.05, 0) is 29.3 Å². The largest absolute Gasteiger partial charge is 0.423 e. The van der Waals surface area contributed by atoms with Crippen molar-refractivity contribution in [3.63, 3.8) is 0 Å². The quantitative estimate of drug-likeness (QED) is 0.363. The normalized spacial score (nSPS) is 10.6. The third-order valence-electron chi connectivity index (χ3n) is 2.48. The molecule has 0 aromatic heterocycles. The summed E-state index contributed by atoms with van der Waals surface area (Å²) in [5, 5.41) is 0. The second-order valence-corrected chi connectivity index (χ2v) is 4.21. The summed E-state index contributed by atoms with van der Waals surface area (Å²) in [6.07, 6.45) is 3.12. The van der Waals surface area contributed by atoms with Gasteiger partial charge in [-0.3, -0.25) is 0 Å². The van der Waals surface area contributed by atoms with Gasteiger partial charge >= 0.3 is 5.97 Å². The molecule has 0 spiro atoms. The highest BCUT2D eigenvalue weighted by Gasteiger charge is 2.01. The van der Waals surface area contributed by atoms with Gasteiger partial charge < -0.3 is 4.74 Å². The fourth-order valence-corrected chi connectivity index (χ4v) is 1.74. The second-order valence-electron chi connectivity index (χ2n) is 3.95. The Kier molecular flexibility index (Phi) is 4.76. The van der Waals surface area contributed by atoms with Crippen LogP contribution in [0, 0.1) is 0 Å². The minimum absolute atomic E-state index is 0.394. The van der Waals surface area contributed by atoms with E-state index in [4.69, 9.17) is 16.3 Å². The summed E-state index contributed by atoms with van der Waals surface area (Å²) in [4.78, 5) is 11.6. The molecule has 0 aliphatic carbocycles. The zero-order chi connectivity index (χ0) is 13.5. The molecule has 2 rings (SSSR count). The Bertz CT molecular complexity index is 576. The van der Waals surface area contributed by atoms with E-state index in [1.54, 1.807) is 24.3 Å². The van der Waals surface area contributed by atoms with Crippen molar-refractivity contribution >= 4 is 23.6 Å². The van der Waals surface area contributed by atoms with E-state index in [0.29, 0.717) is 11.6 Å². The first-order valence-corrected chi connectivity index (χ1v) is 6.41. The van der Waals surface area contributed by atoms with Crippen LogP contribution in [0.3, 0.4) is 0 Å². The molecule has 0 heterocycles. The number of carbonyl (C=O) groups is 1. The lowest BCUT2D eigenvalue weighted by Crippen LogP contribution is -2.03. The zero-order valence-electron chi connectivity index (χ0n) is 10.3. The van der Waals surface area contributed by atoms with E-state index in [1.807, 2.05) is 36.4 Å². The van der Waals surface area contributed by atoms with Crippen molar-refractivity contribution in [2.45, 2.75) is 5.88 Å². The molecule has 2 aromatic rings. The molecule has 0 atom stereocenters. The number of benzene rings is 2. The molecule has 0 N–H and O–H groups in total. The van der Waals surface area contributed by atoms with Crippen LogP contribution in [0.15, 0.2) is 60.7 Å². The van der Waals surface area contributed by atoms with Crippen molar-refractivity contribution in [1.82, 2.24) is 0 Å². The lowest BCUT2D eigenvalue weighted by Gasteiger charge is -2.02. The van der Waals surface area contributed by atoms with Gasteiger partial charge in [0.2, 0.25) is 0 Å². The van der Waals surface area contributed by atoms with Gasteiger partial charge in [-0.1, -0.05) is 42.5 Å². The van der Waals surface area contributed by atoms with Crippen molar-refractivity contribution in [3.8, 4) is 5.75 Å². The van der Waals surface area contributed by atoms with Gasteiger partial charge in [0.25, 0.3) is 0 Å². The van der Waals surface area contributed by atoms with Gasteiger partial charge in [-0.2, -0.15) is 0 Å². The molecule has 0 aliphatic heterocycles. The van der Waals surface area contributed by atoms with Crippen LogP contribution < -0.4 is 4.74 Å². The summed E-state index contributed by atoms with van der Waals surface area (Å²) >= 11 is 5.72. The molecule has 0 saturated carbocycles. The van der Waals surface area contributed by atoms with E-state index in [1.165, 1.54) is 6.08 Å². The molecule has 2 nitrogen and oxygen atoms in total. The summed E-state index contributed by atoms with van der Waals surface area (Å²) in [6.45, 7) is 0. The highest BCUT2D eigenvalue weighted by molar-refractivity contribution is 6.17. The Morgan fingerprint density at radius 3 is 2.63 bits per heavy atom. The highest BCUT2D eigenvalue weighted by Crippen LogP contribution is 2.15. The first-order chi connectivity index (χ1) is 9.28. The van der Waals surface area contributed by atoms with Crippen LogP contribution in [0.2, 0.25) is 0 Å². The van der Waals surface area contributed by atoms with Gasteiger partial charge in [0.05, 0.1) is 0 Å². The molecule has 0 radical (unpaired) electrons. The maximum absolute atomic E-state index is 11.6. The molecule has 3 heteroatoms. The molecular weight excluding hydrogens is 260 g/mol. The Morgan fingerprint density at radius 1 is 1.11 bits per heavy atom. The minimum atomic E-state index is -0.407. The maximum atomic E-state index is 11.6. The van der Waals surface area contributed by atoms with Crippen molar-refractivity contribution in [2.24, 2.45) is 0 Å². The van der Waals surface area contributed by atoms with Gasteiger partial charge in [-0.15, -0.1) is 11.6 Å². The third kappa shape index (κ3) is 4.27. The summed E-state index contributed by atoms with van der Waals surface area (Å²) < 4.78 is 5.19. The molecule has 96 valence electrons. The fourth-order valence-electron chi connectivity index (χ4n) is 1.57. The number of rotatable bonds is 4. The zero-order valence-corrected chi connectivity index (χ0v) is 11.0. The predicted octanol–water partition coefficient (Wildman–Crippen LogP) is 4.04. The van der Waals surface area contributed by atoms with Gasteiger partial charge in [-0.25, -0.2) is 4.79 Å². The molecule has 0 aliphatic rings. The molecule has 19 heavy (non-hydrogen) atoms. The van der Waals surface area contributed by atoms with Crippen molar-refractivity contribution in [2.75, 3.05) is 0 Å². The van der Waals surface area contributed by atoms with E-state index in [9.17, 15) is 4.79 Å². The molecule has 0 unspecified atom stereocenters. The van der Waals surface area contributed by atoms with E-state index >= 15 is 0 Å². The summed E-state index contributed by atoms with van der Waals surface area (Å²) in [5.74, 6) is 0.488. The Hall–Kier alpha value is -2.06. The first kappa shape index (κ1) is 13.4. The van der Waals surface area contributed by atoms with Crippen LogP contribution in [0.1, 0.15) is 11.1 Å². The number of hydrogen-bond acceptors (Lipinski definition) is 2. The number of esters is 1. The number of hydrogen-bond donors (Lipinski definition) is 0. The molecule has 2 aromatic carbocycles. The van der Waals surface area contributed by atoms with Crippen LogP contribution in [-0.2, 0) is 10.7 Å². The monoisotopic (exact) mass is 272 g/mol. The Morgan fingerprint density at radius 2 is 1.89 bits per heavy atom. The number of alkyl halides is 1. The molecule has 0 fully saturated rings. The van der Waals surface area contributed by atoms with E-state index in [0.717, 1.165) is 11.1 Å². The Labute approximate surface area is 117 Å². The third-order valence-corrected chi connectivity index (χ3v) is 2.79. The van der Waals surface area contributed by atoms with Gasteiger partial charge in [0, 0.05) is 12.0 Å². The van der Waals surface area contributed by atoms with Crippen LogP contribution in [0.5, 0.6) is 5.75 Å². The van der Waals surface area contributed by atoms with Gasteiger partial charge in [0.15, 0.2) is 0 Å².